The molecule has 0 saturated carbocycles. The number of rotatable bonds is 15. The molecule has 8 heteroatoms. The zero-order valence-corrected chi connectivity index (χ0v) is 23.1. The van der Waals surface area contributed by atoms with Crippen LogP contribution in [0.2, 0.25) is 0 Å². The third-order valence-corrected chi connectivity index (χ3v) is 6.56. The van der Waals surface area contributed by atoms with Gasteiger partial charge in [-0.3, -0.25) is 4.79 Å². The van der Waals surface area contributed by atoms with Gasteiger partial charge in [-0.1, -0.05) is 45.0 Å². The number of anilines is 1. The Morgan fingerprint density at radius 3 is 2.31 bits per heavy atom. The smallest absolute Gasteiger partial charge is 0.251 e. The summed E-state index contributed by atoms with van der Waals surface area (Å²) in [6, 6.07) is 14.0. The highest BCUT2D eigenvalue weighted by molar-refractivity contribution is 5.95. The fraction of sp³-hybridized carbons (Fsp3) is 0.419. The highest BCUT2D eigenvalue weighted by atomic mass is 19.1. The third-order valence-electron chi connectivity index (χ3n) is 6.56. The van der Waals surface area contributed by atoms with Gasteiger partial charge in [-0.15, -0.1) is 0 Å². The molecule has 0 saturated heterocycles. The van der Waals surface area contributed by atoms with E-state index in [2.05, 4.69) is 53.4 Å². The molecular weight excluding hydrogens is 498 g/mol. The first-order chi connectivity index (χ1) is 18.8. The Morgan fingerprint density at radius 1 is 0.949 bits per heavy atom. The van der Waals surface area contributed by atoms with Gasteiger partial charge < -0.3 is 20.6 Å². The molecule has 0 radical (unpaired) electrons. The molecule has 210 valence electrons. The SMILES string of the molecule is CCCN(CCC)c1cc(C(=O)N[C@@H](Cc2cc(F)cc(F)c2)[C@@H](O)CNCc2cccc(CC)c2)ccn1. The van der Waals surface area contributed by atoms with Crippen molar-refractivity contribution < 1.29 is 18.7 Å². The fourth-order valence-electron chi connectivity index (χ4n) is 4.60. The number of nitrogens with zero attached hydrogens (tertiary/aromatic N) is 2. The molecule has 39 heavy (non-hydrogen) atoms. The summed E-state index contributed by atoms with van der Waals surface area (Å²) in [5.41, 5.74) is 3.06. The maximum atomic E-state index is 13.9. The molecule has 6 nitrogen and oxygen atoms in total. The van der Waals surface area contributed by atoms with Gasteiger partial charge in [-0.05, 0) is 66.6 Å². The third kappa shape index (κ3) is 9.41. The number of pyridine rings is 1. The molecule has 2 atom stereocenters. The van der Waals surface area contributed by atoms with Crippen LogP contribution in [0.15, 0.2) is 60.8 Å². The van der Waals surface area contributed by atoms with Crippen LogP contribution in [0.5, 0.6) is 0 Å². The van der Waals surface area contributed by atoms with E-state index in [1.165, 1.54) is 17.7 Å². The number of carbonyl (C=O) groups excluding carboxylic acids is 1. The van der Waals surface area contributed by atoms with Gasteiger partial charge in [-0.2, -0.15) is 0 Å². The molecule has 1 amide bonds. The van der Waals surface area contributed by atoms with Crippen LogP contribution in [0, 0.1) is 11.6 Å². The first-order valence-electron chi connectivity index (χ1n) is 13.8. The lowest BCUT2D eigenvalue weighted by Crippen LogP contribution is -2.48. The van der Waals surface area contributed by atoms with Gasteiger partial charge in [0.05, 0.1) is 12.1 Å². The zero-order valence-electron chi connectivity index (χ0n) is 23.1. The van der Waals surface area contributed by atoms with Crippen molar-refractivity contribution in [3.05, 3.63) is 94.7 Å². The number of aromatic nitrogens is 1. The van der Waals surface area contributed by atoms with Crippen LogP contribution in [0.4, 0.5) is 14.6 Å². The molecule has 1 aromatic heterocycles. The summed E-state index contributed by atoms with van der Waals surface area (Å²) < 4.78 is 27.8. The molecule has 2 aromatic carbocycles. The number of amides is 1. The highest BCUT2D eigenvalue weighted by Crippen LogP contribution is 2.16. The second kappa shape index (κ2) is 15.3. The Kier molecular flexibility index (Phi) is 11.8. The maximum Gasteiger partial charge on any atom is 0.251 e. The van der Waals surface area contributed by atoms with Crippen LogP contribution in [0.3, 0.4) is 0 Å². The van der Waals surface area contributed by atoms with Gasteiger partial charge in [0.1, 0.15) is 17.5 Å². The lowest BCUT2D eigenvalue weighted by molar-refractivity contribution is 0.0829. The number of carbonyl (C=O) groups is 1. The number of aryl methyl sites for hydroxylation is 1. The van der Waals surface area contributed by atoms with Crippen molar-refractivity contribution in [2.75, 3.05) is 24.5 Å². The molecule has 0 bridgehead atoms. The van der Waals surface area contributed by atoms with Gasteiger partial charge in [0.15, 0.2) is 0 Å². The van der Waals surface area contributed by atoms with Gasteiger partial charge >= 0.3 is 0 Å². The van der Waals surface area contributed by atoms with Gasteiger partial charge in [0.2, 0.25) is 0 Å². The molecule has 0 spiro atoms. The van der Waals surface area contributed by atoms with Crippen LogP contribution in [-0.2, 0) is 19.4 Å². The Bertz CT molecular complexity index is 1180. The molecule has 3 rings (SSSR count). The molecule has 1 heterocycles. The molecule has 0 fully saturated rings. The average molecular weight is 539 g/mol. The van der Waals surface area contributed by atoms with E-state index in [0.717, 1.165) is 44.0 Å². The van der Waals surface area contributed by atoms with Crippen LogP contribution >= 0.6 is 0 Å². The van der Waals surface area contributed by atoms with Crippen LogP contribution in [-0.4, -0.2) is 47.8 Å². The number of hydrogen-bond acceptors (Lipinski definition) is 5. The summed E-state index contributed by atoms with van der Waals surface area (Å²) in [5.74, 6) is -1.08. The van der Waals surface area contributed by atoms with E-state index in [-0.39, 0.29) is 18.9 Å². The van der Waals surface area contributed by atoms with Gasteiger partial charge in [-0.25, -0.2) is 13.8 Å². The van der Waals surface area contributed by atoms with Gasteiger partial charge in [0.25, 0.3) is 5.91 Å². The van der Waals surface area contributed by atoms with E-state index in [4.69, 9.17) is 0 Å². The molecule has 0 aliphatic heterocycles. The first-order valence-corrected chi connectivity index (χ1v) is 13.8. The van der Waals surface area contributed by atoms with Crippen molar-refractivity contribution in [2.24, 2.45) is 0 Å². The summed E-state index contributed by atoms with van der Waals surface area (Å²) >= 11 is 0. The Hall–Kier alpha value is -3.36. The topological polar surface area (TPSA) is 77.5 Å². The predicted molar refractivity (Wildman–Crippen MR) is 152 cm³/mol. The van der Waals surface area contributed by atoms with E-state index in [9.17, 15) is 18.7 Å². The van der Waals surface area contributed by atoms with Gasteiger partial charge in [0, 0.05) is 44.0 Å². The zero-order chi connectivity index (χ0) is 28.2. The van der Waals surface area contributed by atoms with E-state index < -0.39 is 23.8 Å². The summed E-state index contributed by atoms with van der Waals surface area (Å²) in [6.07, 6.45) is 3.48. The average Bonchev–Trinajstić information content (AvgIpc) is 2.92. The summed E-state index contributed by atoms with van der Waals surface area (Å²) in [6.45, 7) is 8.65. The number of aliphatic hydroxyl groups is 1. The lowest BCUT2D eigenvalue weighted by Gasteiger charge is -2.26. The maximum absolute atomic E-state index is 13.9. The van der Waals surface area contributed by atoms with Crippen molar-refractivity contribution in [3.8, 4) is 0 Å². The summed E-state index contributed by atoms with van der Waals surface area (Å²) in [7, 11) is 0. The Morgan fingerprint density at radius 2 is 1.64 bits per heavy atom. The number of halogens is 2. The second-order valence-electron chi connectivity index (χ2n) is 9.82. The van der Waals surface area contributed by atoms with Crippen molar-refractivity contribution in [3.63, 3.8) is 0 Å². The molecule has 3 N–H and O–H groups in total. The monoisotopic (exact) mass is 538 g/mol. The summed E-state index contributed by atoms with van der Waals surface area (Å²) in [4.78, 5) is 19.9. The summed E-state index contributed by atoms with van der Waals surface area (Å²) in [5, 5.41) is 17.2. The van der Waals surface area contributed by atoms with Crippen LogP contribution in [0.1, 0.15) is 60.7 Å². The fourth-order valence-corrected chi connectivity index (χ4v) is 4.60. The van der Waals surface area contributed by atoms with Crippen molar-refractivity contribution >= 4 is 11.7 Å². The minimum Gasteiger partial charge on any atom is -0.390 e. The van der Waals surface area contributed by atoms with E-state index in [0.29, 0.717) is 23.5 Å². The quantitative estimate of drug-likeness (QED) is 0.253. The Balaban J connectivity index is 1.75. The second-order valence-corrected chi connectivity index (χ2v) is 9.82. The molecule has 0 aliphatic carbocycles. The largest absolute Gasteiger partial charge is 0.390 e. The first kappa shape index (κ1) is 30.2. The highest BCUT2D eigenvalue weighted by Gasteiger charge is 2.23. The Labute approximate surface area is 230 Å². The number of nitrogens with one attached hydrogen (secondary N) is 2. The normalized spacial score (nSPS) is 12.7. The standard InChI is InChI=1S/C31H40F2N4O2/c1-4-12-37(13-5-2)30-18-25(10-11-35-30)31(39)36-28(17-24-15-26(32)19-27(33)16-24)29(38)21-34-20-23-9-7-8-22(6-3)14-23/h7-11,14-16,18-19,28-29,34,38H,4-6,12-13,17,20-21H2,1-3H3,(H,36,39)/t28-,29-/m0/s1. The minimum absolute atomic E-state index is 0.0598. The lowest BCUT2D eigenvalue weighted by atomic mass is 10.00. The van der Waals surface area contributed by atoms with Crippen molar-refractivity contribution in [1.29, 1.82) is 0 Å². The van der Waals surface area contributed by atoms with Crippen LogP contribution in [0.25, 0.3) is 0 Å². The minimum atomic E-state index is -1.01. The van der Waals surface area contributed by atoms with E-state index in [1.807, 2.05) is 12.1 Å². The molecular formula is C31H40F2N4O2. The van der Waals surface area contributed by atoms with E-state index in [1.54, 1.807) is 18.3 Å². The molecule has 3 aromatic rings. The number of hydrogen-bond donors (Lipinski definition) is 3. The van der Waals surface area contributed by atoms with E-state index >= 15 is 0 Å². The van der Waals surface area contributed by atoms with Crippen LogP contribution < -0.4 is 15.5 Å². The van der Waals surface area contributed by atoms with Crippen molar-refractivity contribution in [2.45, 2.75) is 65.1 Å². The molecule has 0 aliphatic rings. The predicted octanol–water partition coefficient (Wildman–Crippen LogP) is 5.04. The number of aliphatic hydroxyl groups excluding tert-OH is 1. The number of benzene rings is 2. The van der Waals surface area contributed by atoms with Crippen molar-refractivity contribution in [1.82, 2.24) is 15.6 Å². The molecule has 0 unspecified atom stereocenters.